The Morgan fingerprint density at radius 1 is 1.38 bits per heavy atom. The molecule has 1 aromatic rings. The lowest BCUT2D eigenvalue weighted by Gasteiger charge is -2.19. The number of carbonyl (C=O) groups excluding carboxylic acids is 1. The largest absolute Gasteiger partial charge is 0.443 e. The maximum Gasteiger partial charge on any atom is 0.410 e. The zero-order valence-corrected chi connectivity index (χ0v) is 9.30. The minimum Gasteiger partial charge on any atom is -0.443 e. The van der Waals surface area contributed by atoms with Gasteiger partial charge in [-0.25, -0.2) is 4.79 Å². The van der Waals surface area contributed by atoms with Crippen LogP contribution >= 0.6 is 0 Å². The molecule has 1 fully saturated rings. The third kappa shape index (κ3) is 2.02. The van der Waals surface area contributed by atoms with Gasteiger partial charge in [-0.3, -0.25) is 0 Å². The Morgan fingerprint density at radius 2 is 2.06 bits per heavy atom. The Balaban J connectivity index is 2.08. The van der Waals surface area contributed by atoms with E-state index < -0.39 is 0 Å². The fourth-order valence-electron chi connectivity index (χ4n) is 2.01. The summed E-state index contributed by atoms with van der Waals surface area (Å²) in [4.78, 5) is 13.0. The zero-order valence-electron chi connectivity index (χ0n) is 9.30. The van der Waals surface area contributed by atoms with Gasteiger partial charge < -0.3 is 15.4 Å². The molecule has 2 unspecified atom stereocenters. The van der Waals surface area contributed by atoms with Crippen molar-refractivity contribution < 1.29 is 9.53 Å². The fraction of sp³-hybridized carbons (Fsp3) is 0.417. The van der Waals surface area contributed by atoms with E-state index in [1.54, 1.807) is 11.9 Å². The van der Waals surface area contributed by atoms with E-state index in [-0.39, 0.29) is 18.2 Å². The smallest absolute Gasteiger partial charge is 0.410 e. The fourth-order valence-corrected chi connectivity index (χ4v) is 2.01. The van der Waals surface area contributed by atoms with Crippen molar-refractivity contribution >= 4 is 6.09 Å². The first-order chi connectivity index (χ1) is 7.72. The van der Waals surface area contributed by atoms with Gasteiger partial charge in [-0.15, -0.1) is 0 Å². The summed E-state index contributed by atoms with van der Waals surface area (Å²) in [6.45, 7) is 0.430. The molecular weight excluding hydrogens is 204 g/mol. The molecule has 1 aromatic carbocycles. The molecule has 0 aromatic heterocycles. The maximum atomic E-state index is 11.4. The second-order valence-electron chi connectivity index (χ2n) is 4.03. The monoisotopic (exact) mass is 220 g/mol. The number of hydrogen-bond acceptors (Lipinski definition) is 3. The quantitative estimate of drug-likeness (QED) is 0.827. The summed E-state index contributed by atoms with van der Waals surface area (Å²) in [6, 6.07) is 9.96. The van der Waals surface area contributed by atoms with Crippen LogP contribution in [0.3, 0.4) is 0 Å². The SMILES string of the molecule is CN1C(=O)OC(Cc2ccccc2)C1CN. The van der Waals surface area contributed by atoms with Gasteiger partial charge in [0.05, 0.1) is 6.04 Å². The summed E-state index contributed by atoms with van der Waals surface area (Å²) in [5, 5.41) is 0. The van der Waals surface area contributed by atoms with E-state index in [1.807, 2.05) is 30.3 Å². The molecule has 2 rings (SSSR count). The number of likely N-dealkylation sites (N-methyl/N-ethyl adjacent to an activating group) is 1. The number of amides is 1. The summed E-state index contributed by atoms with van der Waals surface area (Å²) in [5.41, 5.74) is 6.82. The number of ether oxygens (including phenoxy) is 1. The highest BCUT2D eigenvalue weighted by Gasteiger charge is 2.38. The molecule has 1 saturated heterocycles. The highest BCUT2D eigenvalue weighted by atomic mass is 16.6. The van der Waals surface area contributed by atoms with E-state index in [1.165, 1.54) is 0 Å². The van der Waals surface area contributed by atoms with Crippen LogP contribution in [0.2, 0.25) is 0 Å². The van der Waals surface area contributed by atoms with Crippen LogP contribution in [0.5, 0.6) is 0 Å². The first kappa shape index (κ1) is 11.0. The van der Waals surface area contributed by atoms with E-state index in [0.717, 1.165) is 12.0 Å². The lowest BCUT2D eigenvalue weighted by molar-refractivity contribution is 0.130. The predicted octanol–water partition coefficient (Wildman–Crippen LogP) is 1.01. The number of cyclic esters (lactones) is 1. The van der Waals surface area contributed by atoms with Crippen LogP contribution < -0.4 is 5.73 Å². The Morgan fingerprint density at radius 3 is 2.69 bits per heavy atom. The summed E-state index contributed by atoms with van der Waals surface area (Å²) in [5.74, 6) is 0. The van der Waals surface area contributed by atoms with Crippen LogP contribution in [0.15, 0.2) is 30.3 Å². The molecule has 2 atom stereocenters. The van der Waals surface area contributed by atoms with Gasteiger partial charge in [0, 0.05) is 20.0 Å². The first-order valence-corrected chi connectivity index (χ1v) is 5.40. The Bertz CT molecular complexity index is 367. The predicted molar refractivity (Wildman–Crippen MR) is 61.0 cm³/mol. The average molecular weight is 220 g/mol. The van der Waals surface area contributed by atoms with Crippen molar-refractivity contribution in [3.63, 3.8) is 0 Å². The summed E-state index contributed by atoms with van der Waals surface area (Å²) >= 11 is 0. The van der Waals surface area contributed by atoms with Crippen molar-refractivity contribution in [3.05, 3.63) is 35.9 Å². The molecule has 0 bridgehead atoms. The summed E-state index contributed by atoms with van der Waals surface area (Å²) < 4.78 is 5.29. The lowest BCUT2D eigenvalue weighted by Crippen LogP contribution is -2.40. The second kappa shape index (κ2) is 4.53. The van der Waals surface area contributed by atoms with Crippen LogP contribution in [0.1, 0.15) is 5.56 Å². The number of benzene rings is 1. The van der Waals surface area contributed by atoms with E-state index in [9.17, 15) is 4.79 Å². The number of nitrogens with two attached hydrogens (primary N) is 1. The van der Waals surface area contributed by atoms with Gasteiger partial charge in [0.2, 0.25) is 0 Å². The van der Waals surface area contributed by atoms with E-state index in [0.29, 0.717) is 6.54 Å². The lowest BCUT2D eigenvalue weighted by atomic mass is 10.0. The maximum absolute atomic E-state index is 11.4. The molecule has 4 heteroatoms. The van der Waals surface area contributed by atoms with E-state index in [4.69, 9.17) is 10.5 Å². The Hall–Kier alpha value is -1.55. The van der Waals surface area contributed by atoms with Crippen LogP contribution in [0.4, 0.5) is 4.79 Å². The third-order valence-corrected chi connectivity index (χ3v) is 2.99. The molecule has 0 saturated carbocycles. The van der Waals surface area contributed by atoms with Gasteiger partial charge in [-0.2, -0.15) is 0 Å². The second-order valence-corrected chi connectivity index (χ2v) is 4.03. The van der Waals surface area contributed by atoms with Crippen molar-refractivity contribution in [2.45, 2.75) is 18.6 Å². The van der Waals surface area contributed by atoms with Gasteiger partial charge in [0.1, 0.15) is 6.10 Å². The van der Waals surface area contributed by atoms with Gasteiger partial charge in [0.25, 0.3) is 0 Å². The molecule has 2 N–H and O–H groups in total. The summed E-state index contributed by atoms with van der Waals surface area (Å²) in [7, 11) is 1.73. The minimum absolute atomic E-state index is 0.0206. The molecule has 1 aliphatic rings. The molecule has 0 radical (unpaired) electrons. The van der Waals surface area contributed by atoms with Crippen LogP contribution in [-0.4, -0.2) is 36.7 Å². The van der Waals surface area contributed by atoms with Gasteiger partial charge in [0.15, 0.2) is 0 Å². The van der Waals surface area contributed by atoms with Crippen molar-refractivity contribution in [2.24, 2.45) is 5.73 Å². The van der Waals surface area contributed by atoms with Gasteiger partial charge >= 0.3 is 6.09 Å². The zero-order chi connectivity index (χ0) is 11.5. The van der Waals surface area contributed by atoms with Crippen LogP contribution in [0.25, 0.3) is 0 Å². The minimum atomic E-state index is -0.281. The number of carbonyl (C=O) groups is 1. The highest BCUT2D eigenvalue weighted by molar-refractivity contribution is 5.70. The van der Waals surface area contributed by atoms with E-state index in [2.05, 4.69) is 0 Å². The van der Waals surface area contributed by atoms with Crippen molar-refractivity contribution in [2.75, 3.05) is 13.6 Å². The average Bonchev–Trinajstić information content (AvgIpc) is 2.56. The molecule has 0 aliphatic carbocycles. The molecule has 4 nitrogen and oxygen atoms in total. The molecule has 86 valence electrons. The Kier molecular flexibility index (Phi) is 3.10. The molecule has 1 aliphatic heterocycles. The molecule has 16 heavy (non-hydrogen) atoms. The summed E-state index contributed by atoms with van der Waals surface area (Å²) in [6.07, 6.45) is 0.306. The normalized spacial score (nSPS) is 24.6. The Labute approximate surface area is 95.0 Å². The molecular formula is C12H16N2O2. The van der Waals surface area contributed by atoms with Gasteiger partial charge in [-0.1, -0.05) is 30.3 Å². The standard InChI is InChI=1S/C12H16N2O2/c1-14-10(8-13)11(16-12(14)15)7-9-5-3-2-4-6-9/h2-6,10-11H,7-8,13H2,1H3. The van der Waals surface area contributed by atoms with Crippen molar-refractivity contribution in [3.8, 4) is 0 Å². The van der Waals surface area contributed by atoms with Crippen LogP contribution in [0, 0.1) is 0 Å². The molecule has 0 spiro atoms. The highest BCUT2D eigenvalue weighted by Crippen LogP contribution is 2.20. The number of hydrogen-bond donors (Lipinski definition) is 1. The molecule has 1 heterocycles. The third-order valence-electron chi connectivity index (χ3n) is 2.99. The van der Waals surface area contributed by atoms with Gasteiger partial charge in [-0.05, 0) is 5.56 Å². The number of nitrogens with zero attached hydrogens (tertiary/aromatic N) is 1. The van der Waals surface area contributed by atoms with Crippen LogP contribution in [-0.2, 0) is 11.2 Å². The molecule has 1 amide bonds. The first-order valence-electron chi connectivity index (χ1n) is 5.40. The van der Waals surface area contributed by atoms with Crippen molar-refractivity contribution in [1.29, 1.82) is 0 Å². The van der Waals surface area contributed by atoms with E-state index >= 15 is 0 Å². The van der Waals surface area contributed by atoms with Crippen molar-refractivity contribution in [1.82, 2.24) is 4.90 Å². The number of rotatable bonds is 3. The topological polar surface area (TPSA) is 55.6 Å².